The maximum Gasteiger partial charge on any atom is 0.182 e. The third kappa shape index (κ3) is 1.32. The van der Waals surface area contributed by atoms with E-state index in [-0.39, 0.29) is 11.0 Å². The number of nitrogens with zero attached hydrogens (tertiary/aromatic N) is 1. The van der Waals surface area contributed by atoms with E-state index in [1.54, 1.807) is 0 Å². The van der Waals surface area contributed by atoms with Crippen molar-refractivity contribution in [1.29, 1.82) is 0 Å². The molecule has 1 heterocycles. The van der Waals surface area contributed by atoms with Crippen LogP contribution in [0.4, 0.5) is 0 Å². The van der Waals surface area contributed by atoms with Crippen LogP contribution in [-0.2, 0) is 4.79 Å². The summed E-state index contributed by atoms with van der Waals surface area (Å²) in [5, 5.41) is -0.624. The monoisotopic (exact) mass is 163 g/mol. The van der Waals surface area contributed by atoms with Crippen LogP contribution >= 0.6 is 23.2 Å². The lowest BCUT2D eigenvalue weighted by Crippen LogP contribution is -2.20. The lowest BCUT2D eigenvalue weighted by atomic mass is 10.2. The summed E-state index contributed by atoms with van der Waals surface area (Å²) in [6, 6.07) is 0. The second-order valence-electron chi connectivity index (χ2n) is 1.53. The molecule has 0 aromatic rings. The topological polar surface area (TPSA) is 29.4 Å². The Labute approximate surface area is 62.2 Å². The molecule has 48 valence electrons. The Hall–Kier alpha value is -0.340. The summed E-state index contributed by atoms with van der Waals surface area (Å²) in [6.07, 6.45) is 2.63. The molecule has 0 saturated carbocycles. The molecule has 0 radical (unpaired) electrons. The molecule has 1 atom stereocenters. The Kier molecular flexibility index (Phi) is 1.88. The van der Waals surface area contributed by atoms with Gasteiger partial charge in [-0.1, -0.05) is 11.6 Å². The van der Waals surface area contributed by atoms with Gasteiger partial charge in [-0.25, -0.2) is 4.99 Å². The summed E-state index contributed by atoms with van der Waals surface area (Å²) < 4.78 is 0. The zero-order valence-corrected chi connectivity index (χ0v) is 5.86. The summed E-state index contributed by atoms with van der Waals surface area (Å²) in [6.45, 7) is 0. The van der Waals surface area contributed by atoms with Crippen molar-refractivity contribution in [2.75, 3.05) is 0 Å². The molecular weight excluding hydrogens is 161 g/mol. The predicted octanol–water partition coefficient (Wildman–Crippen LogP) is 1.33. The van der Waals surface area contributed by atoms with Gasteiger partial charge in [0.05, 0.1) is 0 Å². The molecule has 1 aliphatic rings. The minimum absolute atomic E-state index is 0.143. The summed E-state index contributed by atoms with van der Waals surface area (Å²) in [5.41, 5.74) is 0. The van der Waals surface area contributed by atoms with Gasteiger partial charge in [-0.05, 0) is 0 Å². The third-order valence-electron chi connectivity index (χ3n) is 0.896. The van der Waals surface area contributed by atoms with Crippen molar-refractivity contribution in [3.05, 3.63) is 12.3 Å². The molecule has 0 fully saturated rings. The van der Waals surface area contributed by atoms with Crippen LogP contribution in [0.1, 0.15) is 0 Å². The first kappa shape index (κ1) is 6.78. The van der Waals surface area contributed by atoms with Crippen LogP contribution in [0.5, 0.6) is 0 Å². The molecule has 4 heteroatoms. The number of hydrogen-bond donors (Lipinski definition) is 0. The highest BCUT2D eigenvalue weighted by Crippen LogP contribution is 2.09. The number of carbonyl (C=O) groups excluding carboxylic acids is 1. The predicted molar refractivity (Wildman–Crippen MR) is 37.1 cm³/mol. The van der Waals surface area contributed by atoms with Crippen molar-refractivity contribution in [3.63, 3.8) is 0 Å². The quantitative estimate of drug-likeness (QED) is 0.496. The molecule has 0 spiro atoms. The van der Waals surface area contributed by atoms with Crippen molar-refractivity contribution < 1.29 is 4.79 Å². The molecule has 2 nitrogen and oxygen atoms in total. The first-order valence-electron chi connectivity index (χ1n) is 2.29. The van der Waals surface area contributed by atoms with E-state index < -0.39 is 5.38 Å². The van der Waals surface area contributed by atoms with Crippen LogP contribution in [0.3, 0.4) is 0 Å². The lowest BCUT2D eigenvalue weighted by Gasteiger charge is -2.04. The van der Waals surface area contributed by atoms with Crippen LogP contribution < -0.4 is 0 Å². The maximum absolute atomic E-state index is 10.6. The Morgan fingerprint density at radius 1 is 1.67 bits per heavy atom. The minimum Gasteiger partial charge on any atom is -0.293 e. The molecule has 1 aliphatic heterocycles. The van der Waals surface area contributed by atoms with E-state index >= 15 is 0 Å². The zero-order valence-electron chi connectivity index (χ0n) is 4.34. The highest BCUT2D eigenvalue weighted by Gasteiger charge is 2.19. The second-order valence-corrected chi connectivity index (χ2v) is 2.36. The lowest BCUT2D eigenvalue weighted by molar-refractivity contribution is -0.113. The second kappa shape index (κ2) is 2.50. The van der Waals surface area contributed by atoms with Gasteiger partial charge in [-0.3, -0.25) is 4.79 Å². The van der Waals surface area contributed by atoms with E-state index in [0.29, 0.717) is 0 Å². The highest BCUT2D eigenvalue weighted by atomic mass is 35.5. The first-order chi connectivity index (χ1) is 4.22. The average molecular weight is 164 g/mol. The summed E-state index contributed by atoms with van der Waals surface area (Å²) in [5.74, 6) is -0.211. The van der Waals surface area contributed by atoms with E-state index in [9.17, 15) is 4.79 Å². The summed E-state index contributed by atoms with van der Waals surface area (Å²) in [4.78, 5) is 14.2. The Balaban J connectivity index is 2.86. The Morgan fingerprint density at radius 3 is 2.78 bits per heavy atom. The van der Waals surface area contributed by atoms with Gasteiger partial charge in [0.1, 0.15) is 10.5 Å². The smallest absolute Gasteiger partial charge is 0.182 e. The fourth-order valence-corrected chi connectivity index (χ4v) is 0.742. The van der Waals surface area contributed by atoms with Crippen molar-refractivity contribution in [2.45, 2.75) is 5.38 Å². The normalized spacial score (nSPS) is 26.2. The average Bonchev–Trinajstić information content (AvgIpc) is 1.83. The molecule has 0 aliphatic carbocycles. The van der Waals surface area contributed by atoms with Crippen LogP contribution in [-0.4, -0.2) is 16.3 Å². The number of allylic oxidation sites excluding steroid dienone is 1. The third-order valence-corrected chi connectivity index (χ3v) is 1.74. The first-order valence-corrected chi connectivity index (χ1v) is 3.11. The molecule has 0 amide bonds. The van der Waals surface area contributed by atoms with Gasteiger partial charge in [0.25, 0.3) is 0 Å². The summed E-state index contributed by atoms with van der Waals surface area (Å²) >= 11 is 10.9. The number of rotatable bonds is 0. The van der Waals surface area contributed by atoms with E-state index in [0.717, 1.165) is 0 Å². The number of hydrogen-bond acceptors (Lipinski definition) is 2. The number of ketones is 1. The van der Waals surface area contributed by atoms with Gasteiger partial charge < -0.3 is 0 Å². The largest absolute Gasteiger partial charge is 0.293 e. The minimum atomic E-state index is -0.767. The fourth-order valence-electron chi connectivity index (χ4n) is 0.449. The van der Waals surface area contributed by atoms with Crippen molar-refractivity contribution in [1.82, 2.24) is 0 Å². The SMILES string of the molecule is O=C1C=CN=C(Cl)C1Cl. The van der Waals surface area contributed by atoms with Gasteiger partial charge in [-0.2, -0.15) is 0 Å². The fraction of sp³-hybridized carbons (Fsp3) is 0.200. The van der Waals surface area contributed by atoms with Crippen LogP contribution in [0.2, 0.25) is 0 Å². The van der Waals surface area contributed by atoms with Crippen LogP contribution in [0.15, 0.2) is 17.3 Å². The van der Waals surface area contributed by atoms with Crippen molar-refractivity contribution in [3.8, 4) is 0 Å². The van der Waals surface area contributed by atoms with Crippen LogP contribution in [0.25, 0.3) is 0 Å². The van der Waals surface area contributed by atoms with Gasteiger partial charge >= 0.3 is 0 Å². The maximum atomic E-state index is 10.6. The van der Waals surface area contributed by atoms with E-state index in [2.05, 4.69) is 4.99 Å². The highest BCUT2D eigenvalue weighted by molar-refractivity contribution is 6.74. The van der Waals surface area contributed by atoms with Crippen molar-refractivity contribution >= 4 is 34.2 Å². The molecule has 0 N–H and O–H groups in total. The zero-order chi connectivity index (χ0) is 6.85. The number of aliphatic imine (C=N–C) groups is 1. The molecule has 0 bridgehead atoms. The molecule has 1 rings (SSSR count). The number of halogens is 2. The van der Waals surface area contributed by atoms with Gasteiger partial charge in [0.15, 0.2) is 5.78 Å². The Morgan fingerprint density at radius 2 is 2.33 bits per heavy atom. The molecule has 0 saturated heterocycles. The van der Waals surface area contributed by atoms with Gasteiger partial charge in [-0.15, -0.1) is 11.6 Å². The van der Waals surface area contributed by atoms with E-state index in [1.807, 2.05) is 0 Å². The van der Waals surface area contributed by atoms with Gasteiger partial charge in [0.2, 0.25) is 0 Å². The molecule has 0 aromatic heterocycles. The van der Waals surface area contributed by atoms with Gasteiger partial charge in [0, 0.05) is 12.3 Å². The standard InChI is InChI=1S/C5H3Cl2NO/c6-4-3(9)1-2-8-5(4)7/h1-2,4H. The van der Waals surface area contributed by atoms with Crippen LogP contribution in [0, 0.1) is 0 Å². The van der Waals surface area contributed by atoms with Crippen molar-refractivity contribution in [2.24, 2.45) is 4.99 Å². The van der Waals surface area contributed by atoms with E-state index in [4.69, 9.17) is 23.2 Å². The molecular formula is C5H3Cl2NO. The summed E-state index contributed by atoms with van der Waals surface area (Å²) in [7, 11) is 0. The number of carbonyl (C=O) groups is 1. The molecule has 0 aromatic carbocycles. The Bertz CT molecular complexity index is 197. The number of alkyl halides is 1. The molecule has 1 unspecified atom stereocenters. The van der Waals surface area contributed by atoms with E-state index in [1.165, 1.54) is 12.3 Å². The molecule has 9 heavy (non-hydrogen) atoms.